The molecule has 1 aliphatic rings. The molecule has 2 unspecified atom stereocenters. The molecule has 27 heavy (non-hydrogen) atoms. The number of carbonyl (C=O) groups excluding carboxylic acids is 1. The van der Waals surface area contributed by atoms with E-state index in [1.54, 1.807) is 17.8 Å². The standard InChI is InChI=1S/C8H6N6O.C4H8O3.C2H6S.C2H6/c9-2-1-5(15)14-8-6-7(11-3-10-6)12-4-13-8;5-3-1-7-2-4(3)6;1-3-2;1-2/h3-4H,1H2,(H2,10,11,12,13,14,15);3-6H,1-2H2;1-2H3;1-2H3. The number of aliphatic hydroxyl groups excluding tert-OH is 2. The number of H-pyrrole nitrogens is 1. The molecule has 1 saturated heterocycles. The number of aromatic nitrogens is 4. The maximum Gasteiger partial charge on any atom is 0.239 e. The molecule has 0 bridgehead atoms. The molecule has 2 aromatic heterocycles. The second kappa shape index (κ2) is 14.9. The predicted octanol–water partition coefficient (Wildman–Crippen LogP) is 0.949. The zero-order chi connectivity index (χ0) is 20.7. The van der Waals surface area contributed by atoms with Crippen LogP contribution in [-0.2, 0) is 9.53 Å². The number of aromatic amines is 1. The van der Waals surface area contributed by atoms with E-state index in [-0.39, 0.29) is 19.6 Å². The number of nitrogens with one attached hydrogen (secondary N) is 2. The number of fused-ring (bicyclic) bond motifs is 1. The van der Waals surface area contributed by atoms with Gasteiger partial charge in [-0.15, -0.1) is 0 Å². The lowest BCUT2D eigenvalue weighted by Gasteiger charge is -2.00. The van der Waals surface area contributed by atoms with Crippen LogP contribution in [0, 0.1) is 11.3 Å². The molecule has 0 radical (unpaired) electrons. The number of amides is 1. The molecule has 3 heterocycles. The van der Waals surface area contributed by atoms with Crippen molar-refractivity contribution in [3.8, 4) is 6.07 Å². The number of nitrogens with zero attached hydrogens (tertiary/aromatic N) is 4. The molecule has 1 fully saturated rings. The largest absolute Gasteiger partial charge is 0.388 e. The summed E-state index contributed by atoms with van der Waals surface area (Å²) in [5, 5.41) is 28.1. The molecule has 11 heteroatoms. The van der Waals surface area contributed by atoms with Crippen LogP contribution in [0.3, 0.4) is 0 Å². The zero-order valence-corrected chi connectivity index (χ0v) is 16.7. The van der Waals surface area contributed by atoms with Crippen molar-refractivity contribution in [3.63, 3.8) is 0 Å². The lowest BCUT2D eigenvalue weighted by molar-refractivity contribution is -0.115. The summed E-state index contributed by atoms with van der Waals surface area (Å²) in [6.45, 7) is 4.56. The molecule has 1 amide bonds. The summed E-state index contributed by atoms with van der Waals surface area (Å²) >= 11 is 1.75. The number of thioether (sulfide) groups is 1. The number of hydrogen-bond donors (Lipinski definition) is 4. The Bertz CT molecular complexity index is 698. The van der Waals surface area contributed by atoms with E-state index in [2.05, 4.69) is 30.0 Å². The fourth-order valence-corrected chi connectivity index (χ4v) is 1.64. The number of hydrogen-bond acceptors (Lipinski definition) is 9. The van der Waals surface area contributed by atoms with Crippen LogP contribution in [0.5, 0.6) is 0 Å². The molecule has 150 valence electrons. The first-order valence-corrected chi connectivity index (χ1v) is 9.81. The van der Waals surface area contributed by atoms with Gasteiger partial charge in [0.15, 0.2) is 11.5 Å². The van der Waals surface area contributed by atoms with Gasteiger partial charge in [-0.3, -0.25) is 4.79 Å². The van der Waals surface area contributed by atoms with Gasteiger partial charge in [0.25, 0.3) is 0 Å². The number of carbonyl (C=O) groups is 1. The maximum atomic E-state index is 11.1. The Balaban J connectivity index is 0.000000470. The number of nitriles is 1. The maximum absolute atomic E-state index is 11.1. The van der Waals surface area contributed by atoms with Crippen molar-refractivity contribution < 1.29 is 19.7 Å². The van der Waals surface area contributed by atoms with Crippen LogP contribution in [-0.4, -0.2) is 74.0 Å². The number of rotatable bonds is 2. The van der Waals surface area contributed by atoms with Crippen molar-refractivity contribution in [1.82, 2.24) is 19.9 Å². The first kappa shape index (κ1) is 24.7. The highest BCUT2D eigenvalue weighted by Gasteiger charge is 2.22. The van der Waals surface area contributed by atoms with Gasteiger partial charge in [0, 0.05) is 0 Å². The predicted molar refractivity (Wildman–Crippen MR) is 104 cm³/mol. The van der Waals surface area contributed by atoms with Crippen LogP contribution in [0.4, 0.5) is 5.82 Å². The molecule has 0 aliphatic carbocycles. The van der Waals surface area contributed by atoms with Crippen LogP contribution in [0.15, 0.2) is 12.7 Å². The summed E-state index contributed by atoms with van der Waals surface area (Å²) in [6.07, 6.45) is 5.32. The van der Waals surface area contributed by atoms with E-state index >= 15 is 0 Å². The molecule has 0 aromatic carbocycles. The van der Waals surface area contributed by atoms with Gasteiger partial charge in [-0.2, -0.15) is 17.0 Å². The lowest BCUT2D eigenvalue weighted by atomic mass is 10.3. The summed E-state index contributed by atoms with van der Waals surface area (Å²) in [4.78, 5) is 25.6. The van der Waals surface area contributed by atoms with Crippen molar-refractivity contribution in [2.45, 2.75) is 32.5 Å². The van der Waals surface area contributed by atoms with Crippen LogP contribution in [0.1, 0.15) is 20.3 Å². The van der Waals surface area contributed by atoms with Gasteiger partial charge in [0.2, 0.25) is 5.91 Å². The van der Waals surface area contributed by atoms with Crippen molar-refractivity contribution in [1.29, 1.82) is 5.26 Å². The molecular formula is C16H26N6O4S. The van der Waals surface area contributed by atoms with E-state index in [4.69, 9.17) is 15.5 Å². The molecule has 2 atom stereocenters. The first-order chi connectivity index (χ1) is 13.0. The van der Waals surface area contributed by atoms with E-state index in [0.717, 1.165) is 0 Å². The highest BCUT2D eigenvalue weighted by Crippen LogP contribution is 2.14. The van der Waals surface area contributed by atoms with Gasteiger partial charge in [-0.25, -0.2) is 15.0 Å². The van der Waals surface area contributed by atoms with Crippen molar-refractivity contribution in [2.75, 3.05) is 31.0 Å². The lowest BCUT2D eigenvalue weighted by Crippen LogP contribution is -2.22. The van der Waals surface area contributed by atoms with Crippen LogP contribution >= 0.6 is 11.8 Å². The van der Waals surface area contributed by atoms with Gasteiger partial charge in [0.05, 0.1) is 25.6 Å². The molecule has 10 nitrogen and oxygen atoms in total. The van der Waals surface area contributed by atoms with Crippen LogP contribution < -0.4 is 5.32 Å². The molecular weight excluding hydrogens is 372 g/mol. The van der Waals surface area contributed by atoms with Crippen molar-refractivity contribution in [2.24, 2.45) is 0 Å². The van der Waals surface area contributed by atoms with Gasteiger partial charge in [-0.05, 0) is 12.5 Å². The quantitative estimate of drug-likeness (QED) is 0.578. The summed E-state index contributed by atoms with van der Waals surface area (Å²) in [7, 11) is 0. The highest BCUT2D eigenvalue weighted by molar-refractivity contribution is 7.97. The Kier molecular flexibility index (Phi) is 13.6. The molecule has 1 aliphatic heterocycles. The smallest absolute Gasteiger partial charge is 0.239 e. The average molecular weight is 398 g/mol. The Morgan fingerprint density at radius 3 is 2.41 bits per heavy atom. The van der Waals surface area contributed by atoms with Crippen LogP contribution in [0.25, 0.3) is 11.2 Å². The van der Waals surface area contributed by atoms with Gasteiger partial charge in [0.1, 0.15) is 30.5 Å². The third-order valence-corrected chi connectivity index (χ3v) is 2.74. The minimum atomic E-state index is -0.653. The Morgan fingerprint density at radius 1 is 1.33 bits per heavy atom. The monoisotopic (exact) mass is 398 g/mol. The van der Waals surface area contributed by atoms with Gasteiger partial charge < -0.3 is 25.3 Å². The minimum Gasteiger partial charge on any atom is -0.388 e. The normalized spacial score (nSPS) is 17.2. The zero-order valence-electron chi connectivity index (χ0n) is 15.8. The molecule has 0 saturated carbocycles. The second-order valence-corrected chi connectivity index (χ2v) is 5.60. The number of ether oxygens (including phenoxy) is 1. The molecule has 3 rings (SSSR count). The fraction of sp³-hybridized carbons (Fsp3) is 0.562. The van der Waals surface area contributed by atoms with Gasteiger partial charge >= 0.3 is 0 Å². The summed E-state index contributed by atoms with van der Waals surface area (Å²) < 4.78 is 4.67. The third kappa shape index (κ3) is 9.30. The summed E-state index contributed by atoms with van der Waals surface area (Å²) in [5.74, 6) is -0.0788. The van der Waals surface area contributed by atoms with E-state index in [1.807, 2.05) is 26.4 Å². The molecule has 4 N–H and O–H groups in total. The number of anilines is 1. The SMILES string of the molecule is CC.CSC.N#CCC(=O)Nc1ncnc2nc[nH]c12.OC1COCC1O. The van der Waals surface area contributed by atoms with E-state index < -0.39 is 18.1 Å². The third-order valence-electron chi connectivity index (χ3n) is 2.74. The first-order valence-electron chi connectivity index (χ1n) is 8.18. The summed E-state index contributed by atoms with van der Waals surface area (Å²) in [6, 6.07) is 1.75. The van der Waals surface area contributed by atoms with E-state index in [0.29, 0.717) is 17.0 Å². The van der Waals surface area contributed by atoms with Crippen molar-refractivity contribution in [3.05, 3.63) is 12.7 Å². The topological polar surface area (TPSA) is 157 Å². The van der Waals surface area contributed by atoms with E-state index in [1.165, 1.54) is 12.7 Å². The summed E-state index contributed by atoms with van der Waals surface area (Å²) in [5.41, 5.74) is 1.01. The number of imidazole rings is 1. The van der Waals surface area contributed by atoms with Crippen molar-refractivity contribution >= 4 is 34.7 Å². The fourth-order valence-electron chi connectivity index (χ4n) is 1.64. The minimum absolute atomic E-state index is 0.209. The Labute approximate surface area is 162 Å². The molecule has 0 spiro atoms. The second-order valence-electron chi connectivity index (χ2n) is 4.79. The average Bonchev–Trinajstić information content (AvgIpc) is 3.28. The Hall–Kier alpha value is -2.26. The molecule has 2 aromatic rings. The van der Waals surface area contributed by atoms with Gasteiger partial charge in [-0.1, -0.05) is 13.8 Å². The van der Waals surface area contributed by atoms with E-state index in [9.17, 15) is 4.79 Å². The highest BCUT2D eigenvalue weighted by atomic mass is 32.2. The number of aliphatic hydroxyl groups is 2. The Morgan fingerprint density at radius 2 is 1.93 bits per heavy atom. The van der Waals surface area contributed by atoms with Crippen LogP contribution in [0.2, 0.25) is 0 Å².